The predicted molar refractivity (Wildman–Crippen MR) is 101 cm³/mol. The fourth-order valence-electron chi connectivity index (χ4n) is 2.58. The number of pyridine rings is 1. The van der Waals surface area contributed by atoms with Crippen LogP contribution in [0.5, 0.6) is 11.6 Å². The molecule has 28 heavy (non-hydrogen) atoms. The molecule has 0 saturated heterocycles. The van der Waals surface area contributed by atoms with Crippen molar-refractivity contribution in [3.8, 4) is 11.6 Å². The van der Waals surface area contributed by atoms with Gasteiger partial charge in [-0.3, -0.25) is 0 Å². The van der Waals surface area contributed by atoms with Crippen LogP contribution < -0.4 is 10.1 Å². The van der Waals surface area contributed by atoms with Gasteiger partial charge < -0.3 is 15.0 Å². The molecular formula is C21H19F2N3O2. The average molecular weight is 383 g/mol. The first-order chi connectivity index (χ1) is 13.5. The van der Waals surface area contributed by atoms with E-state index in [4.69, 9.17) is 4.74 Å². The third-order valence-electron chi connectivity index (χ3n) is 3.95. The summed E-state index contributed by atoms with van der Waals surface area (Å²) >= 11 is 0. The Labute approximate surface area is 161 Å². The van der Waals surface area contributed by atoms with E-state index in [0.29, 0.717) is 16.9 Å². The summed E-state index contributed by atoms with van der Waals surface area (Å²) in [6.45, 7) is 0.439. The molecule has 0 aliphatic rings. The number of halogens is 2. The van der Waals surface area contributed by atoms with Crippen LogP contribution in [0.25, 0.3) is 0 Å². The number of benzene rings is 2. The van der Waals surface area contributed by atoms with Crippen LogP contribution >= 0.6 is 0 Å². The number of hydrogen-bond acceptors (Lipinski definition) is 3. The summed E-state index contributed by atoms with van der Waals surface area (Å²) in [6, 6.07) is 15.0. The van der Waals surface area contributed by atoms with Gasteiger partial charge in [-0.1, -0.05) is 24.3 Å². The van der Waals surface area contributed by atoms with Crippen LogP contribution in [0.15, 0.2) is 66.9 Å². The summed E-state index contributed by atoms with van der Waals surface area (Å²) in [7, 11) is 1.62. The van der Waals surface area contributed by atoms with Crippen LogP contribution in [0.2, 0.25) is 0 Å². The van der Waals surface area contributed by atoms with Gasteiger partial charge in [-0.25, -0.2) is 18.6 Å². The van der Waals surface area contributed by atoms with Gasteiger partial charge in [-0.15, -0.1) is 0 Å². The highest BCUT2D eigenvalue weighted by Gasteiger charge is 2.12. The highest BCUT2D eigenvalue weighted by molar-refractivity contribution is 5.73. The van der Waals surface area contributed by atoms with E-state index in [1.165, 1.54) is 35.2 Å². The van der Waals surface area contributed by atoms with Crippen LogP contribution in [0.3, 0.4) is 0 Å². The van der Waals surface area contributed by atoms with Crippen molar-refractivity contribution in [1.82, 2.24) is 15.2 Å². The van der Waals surface area contributed by atoms with Crippen molar-refractivity contribution in [3.05, 3.63) is 89.6 Å². The monoisotopic (exact) mass is 383 g/mol. The lowest BCUT2D eigenvalue weighted by Crippen LogP contribution is -2.36. The zero-order valence-electron chi connectivity index (χ0n) is 15.2. The van der Waals surface area contributed by atoms with Crippen molar-refractivity contribution in [3.63, 3.8) is 0 Å². The van der Waals surface area contributed by atoms with Gasteiger partial charge in [0.25, 0.3) is 0 Å². The largest absolute Gasteiger partial charge is 0.439 e. The number of carbonyl (C=O) groups excluding carboxylic acids is 1. The fraction of sp³-hybridized carbons (Fsp3) is 0.143. The quantitative estimate of drug-likeness (QED) is 0.682. The maximum Gasteiger partial charge on any atom is 0.317 e. The lowest BCUT2D eigenvalue weighted by Gasteiger charge is -2.18. The Hall–Kier alpha value is -3.48. The smallest absolute Gasteiger partial charge is 0.317 e. The number of hydrogen-bond donors (Lipinski definition) is 1. The third-order valence-corrected chi connectivity index (χ3v) is 3.95. The van der Waals surface area contributed by atoms with Crippen LogP contribution in [0, 0.1) is 11.6 Å². The summed E-state index contributed by atoms with van der Waals surface area (Å²) in [5, 5.41) is 2.77. The summed E-state index contributed by atoms with van der Waals surface area (Å²) < 4.78 is 32.2. The Morgan fingerprint density at radius 3 is 2.57 bits per heavy atom. The standard InChI is InChI=1S/C21H19F2N3O2/c1-26(14-15-5-2-7-17(22)11-15)21(27)25-13-16-6-4-10-24-20(16)28-19-9-3-8-18(23)12-19/h2-12H,13-14H2,1H3,(H,25,27). The number of nitrogens with one attached hydrogen (secondary N) is 1. The van der Waals surface area contributed by atoms with Crippen molar-refractivity contribution in [2.75, 3.05) is 7.05 Å². The van der Waals surface area contributed by atoms with E-state index < -0.39 is 5.82 Å². The van der Waals surface area contributed by atoms with Gasteiger partial charge in [0.2, 0.25) is 5.88 Å². The van der Waals surface area contributed by atoms with E-state index in [1.54, 1.807) is 43.6 Å². The van der Waals surface area contributed by atoms with E-state index in [0.717, 1.165) is 0 Å². The summed E-state index contributed by atoms with van der Waals surface area (Å²) in [5.41, 5.74) is 1.33. The van der Waals surface area contributed by atoms with Gasteiger partial charge in [0, 0.05) is 38.0 Å². The molecule has 2 aromatic carbocycles. The second-order valence-corrected chi connectivity index (χ2v) is 6.17. The van der Waals surface area contributed by atoms with Gasteiger partial charge in [0.05, 0.1) is 0 Å². The first-order valence-electron chi connectivity index (χ1n) is 8.62. The minimum Gasteiger partial charge on any atom is -0.439 e. The molecule has 0 atom stereocenters. The number of nitrogens with zero attached hydrogens (tertiary/aromatic N) is 2. The normalized spacial score (nSPS) is 10.4. The van der Waals surface area contributed by atoms with E-state index in [-0.39, 0.29) is 30.8 Å². The highest BCUT2D eigenvalue weighted by atomic mass is 19.1. The van der Waals surface area contributed by atoms with Crippen LogP contribution in [0.1, 0.15) is 11.1 Å². The molecule has 2 amide bonds. The van der Waals surface area contributed by atoms with Crippen LogP contribution in [-0.4, -0.2) is 23.0 Å². The molecule has 3 rings (SSSR count). The zero-order chi connectivity index (χ0) is 19.9. The molecule has 0 bridgehead atoms. The van der Waals surface area contributed by atoms with Gasteiger partial charge in [0.15, 0.2) is 0 Å². The highest BCUT2D eigenvalue weighted by Crippen LogP contribution is 2.23. The number of amides is 2. The average Bonchev–Trinajstić information content (AvgIpc) is 2.67. The van der Waals surface area contributed by atoms with Gasteiger partial charge >= 0.3 is 6.03 Å². The summed E-state index contributed by atoms with van der Waals surface area (Å²) in [6.07, 6.45) is 1.55. The first kappa shape index (κ1) is 19.3. The zero-order valence-corrected chi connectivity index (χ0v) is 15.2. The number of rotatable bonds is 6. The lowest BCUT2D eigenvalue weighted by molar-refractivity contribution is 0.206. The molecule has 0 saturated carbocycles. The molecule has 144 valence electrons. The molecule has 0 fully saturated rings. The molecule has 7 heteroatoms. The molecular weight excluding hydrogens is 364 g/mol. The molecule has 1 N–H and O–H groups in total. The van der Waals surface area contributed by atoms with Crippen molar-refractivity contribution < 1.29 is 18.3 Å². The maximum atomic E-state index is 13.3. The van der Waals surface area contributed by atoms with Crippen molar-refractivity contribution in [2.45, 2.75) is 13.1 Å². The topological polar surface area (TPSA) is 54.5 Å². The molecule has 1 heterocycles. The van der Waals surface area contributed by atoms with E-state index >= 15 is 0 Å². The number of aromatic nitrogens is 1. The Balaban J connectivity index is 1.61. The van der Waals surface area contributed by atoms with Crippen molar-refractivity contribution in [1.29, 1.82) is 0 Å². The summed E-state index contributed by atoms with van der Waals surface area (Å²) in [4.78, 5) is 17.9. The van der Waals surface area contributed by atoms with Crippen molar-refractivity contribution >= 4 is 6.03 Å². The minimum atomic E-state index is -0.415. The molecule has 1 aromatic heterocycles. The summed E-state index contributed by atoms with van der Waals surface area (Å²) in [5.74, 6) is -0.168. The third kappa shape index (κ3) is 5.26. The molecule has 0 aliphatic heterocycles. The Morgan fingerprint density at radius 2 is 1.82 bits per heavy atom. The number of ether oxygens (including phenoxy) is 1. The van der Waals surface area contributed by atoms with Crippen LogP contribution in [0.4, 0.5) is 13.6 Å². The molecule has 5 nitrogen and oxygen atoms in total. The molecule has 3 aromatic rings. The fourth-order valence-corrected chi connectivity index (χ4v) is 2.58. The number of urea groups is 1. The van der Waals surface area contributed by atoms with Gasteiger partial charge in [-0.2, -0.15) is 0 Å². The molecule has 0 spiro atoms. The molecule has 0 unspecified atom stereocenters. The predicted octanol–water partition coefficient (Wildman–Crippen LogP) is 4.49. The second kappa shape index (κ2) is 8.94. The molecule has 0 aliphatic carbocycles. The second-order valence-electron chi connectivity index (χ2n) is 6.17. The Morgan fingerprint density at radius 1 is 1.07 bits per heavy atom. The maximum absolute atomic E-state index is 13.3. The van der Waals surface area contributed by atoms with Crippen molar-refractivity contribution in [2.24, 2.45) is 0 Å². The SMILES string of the molecule is CN(Cc1cccc(F)c1)C(=O)NCc1cccnc1Oc1cccc(F)c1. The first-order valence-corrected chi connectivity index (χ1v) is 8.62. The molecule has 0 radical (unpaired) electrons. The Kier molecular flexibility index (Phi) is 6.16. The van der Waals surface area contributed by atoms with Gasteiger partial charge in [0.1, 0.15) is 17.4 Å². The number of carbonyl (C=O) groups is 1. The van der Waals surface area contributed by atoms with Gasteiger partial charge in [-0.05, 0) is 35.9 Å². The van der Waals surface area contributed by atoms with E-state index in [1.807, 2.05) is 0 Å². The lowest BCUT2D eigenvalue weighted by atomic mass is 10.2. The Bertz CT molecular complexity index is 966. The minimum absolute atomic E-state index is 0.171. The van der Waals surface area contributed by atoms with Crippen LogP contribution in [-0.2, 0) is 13.1 Å². The van der Waals surface area contributed by atoms with E-state index in [2.05, 4.69) is 10.3 Å². The van der Waals surface area contributed by atoms with E-state index in [9.17, 15) is 13.6 Å².